The molecule has 0 saturated carbocycles. The Morgan fingerprint density at radius 2 is 1.68 bits per heavy atom. The van der Waals surface area contributed by atoms with Crippen molar-refractivity contribution in [3.8, 4) is 0 Å². The summed E-state index contributed by atoms with van der Waals surface area (Å²) >= 11 is 3.21. The van der Waals surface area contributed by atoms with Gasteiger partial charge in [-0.3, -0.25) is 5.41 Å². The van der Waals surface area contributed by atoms with Crippen LogP contribution in [0.3, 0.4) is 0 Å². The first-order valence-corrected chi connectivity index (χ1v) is 11.0. The normalized spacial score (nSPS) is 12.4. The first kappa shape index (κ1) is 21.5. The summed E-state index contributed by atoms with van der Waals surface area (Å²) in [6.45, 7) is 2.98. The fourth-order valence-electron chi connectivity index (χ4n) is 4.02. The van der Waals surface area contributed by atoms with Crippen LogP contribution < -0.4 is 5.62 Å². The summed E-state index contributed by atoms with van der Waals surface area (Å²) in [5, 5.41) is 9.00. The molecule has 1 atom stereocenters. The van der Waals surface area contributed by atoms with Crippen LogP contribution in [0.1, 0.15) is 22.7 Å². The quantitative estimate of drug-likeness (QED) is 0.366. The molecule has 4 rings (SSSR count). The number of halogens is 2. The number of methoxy groups -OCH3 is 1. The maximum Gasteiger partial charge on any atom is 0.203 e. The number of para-hydroxylation sites is 2. The second-order valence-electron chi connectivity index (χ2n) is 7.82. The second-order valence-corrected chi connectivity index (χ2v) is 8.67. The van der Waals surface area contributed by atoms with Gasteiger partial charge >= 0.3 is 0 Å². The van der Waals surface area contributed by atoms with E-state index in [1.807, 2.05) is 39.5 Å². The van der Waals surface area contributed by atoms with Gasteiger partial charge < -0.3 is 13.9 Å². The second kappa shape index (κ2) is 9.20. The van der Waals surface area contributed by atoms with Crippen LogP contribution in [0.15, 0.2) is 71.2 Å². The van der Waals surface area contributed by atoms with Gasteiger partial charge in [0.1, 0.15) is 5.82 Å². The molecule has 0 radical (unpaired) electrons. The fourth-order valence-corrected chi connectivity index (χ4v) is 4.26. The third-order valence-corrected chi connectivity index (χ3v) is 6.20. The molecule has 0 spiro atoms. The molecule has 0 saturated heterocycles. The molecule has 1 heterocycles. The van der Waals surface area contributed by atoms with E-state index in [-0.39, 0.29) is 11.9 Å². The number of aromatic nitrogens is 2. The zero-order chi connectivity index (χ0) is 22.0. The predicted octanol–water partition coefficient (Wildman–Crippen LogP) is 5.61. The van der Waals surface area contributed by atoms with Crippen LogP contribution in [-0.4, -0.2) is 22.9 Å². The van der Waals surface area contributed by atoms with Gasteiger partial charge in [0.05, 0.1) is 34.7 Å². The van der Waals surface area contributed by atoms with Crippen molar-refractivity contribution in [2.75, 3.05) is 13.7 Å². The highest BCUT2D eigenvalue weighted by Gasteiger charge is 2.19. The summed E-state index contributed by atoms with van der Waals surface area (Å²) in [5.74, 6) is -0.301. The highest BCUT2D eigenvalue weighted by Crippen LogP contribution is 2.23. The van der Waals surface area contributed by atoms with Gasteiger partial charge in [-0.15, -0.1) is 0 Å². The molecule has 0 amide bonds. The zero-order valence-electron chi connectivity index (χ0n) is 17.6. The van der Waals surface area contributed by atoms with Crippen molar-refractivity contribution in [2.45, 2.75) is 25.9 Å². The minimum Gasteiger partial charge on any atom is -0.383 e. The first-order chi connectivity index (χ1) is 15.0. The lowest BCUT2D eigenvalue weighted by molar-refractivity contribution is 0.154. The van der Waals surface area contributed by atoms with Gasteiger partial charge in [-0.05, 0) is 64.7 Å². The van der Waals surface area contributed by atoms with Crippen molar-refractivity contribution < 1.29 is 9.13 Å². The Labute approximate surface area is 189 Å². The Morgan fingerprint density at radius 3 is 2.35 bits per heavy atom. The lowest BCUT2D eigenvalue weighted by Gasteiger charge is -2.19. The van der Waals surface area contributed by atoms with E-state index < -0.39 is 0 Å². The monoisotopic (exact) mass is 481 g/mol. The maximum absolute atomic E-state index is 14.1. The number of aryl methyl sites for hydroxylation is 1. The molecule has 0 fully saturated rings. The SMILES string of the molecule is COCC(Cc1ccc(C)cc1)n1c(=N)n(Cc2ccc(Br)c(F)c2)c2ccccc21. The van der Waals surface area contributed by atoms with E-state index in [0.717, 1.165) is 23.0 Å². The number of nitrogens with zero attached hydrogens (tertiary/aromatic N) is 2. The van der Waals surface area contributed by atoms with Crippen LogP contribution in [0, 0.1) is 18.2 Å². The maximum atomic E-state index is 14.1. The molecule has 0 aliphatic carbocycles. The summed E-state index contributed by atoms with van der Waals surface area (Å²) in [5.41, 5.74) is 5.52. The minimum absolute atomic E-state index is 0.0342. The standard InChI is InChI=1S/C25H25BrFN3O/c1-17-7-9-18(10-8-17)13-20(16-31-2)30-24-6-4-3-5-23(24)29(25(30)28)15-19-11-12-21(26)22(27)14-19/h3-12,14,20,28H,13,15-16H2,1-2H3. The number of nitrogens with one attached hydrogen (secondary N) is 1. The molecule has 0 aliphatic heterocycles. The van der Waals surface area contributed by atoms with Gasteiger partial charge in [0.15, 0.2) is 0 Å². The summed E-state index contributed by atoms with van der Waals surface area (Å²) < 4.78 is 24.0. The molecule has 1 N–H and O–H groups in total. The molecule has 1 aromatic heterocycles. The van der Waals surface area contributed by atoms with E-state index in [4.69, 9.17) is 10.1 Å². The third kappa shape index (κ3) is 4.50. The number of fused-ring (bicyclic) bond motifs is 1. The van der Waals surface area contributed by atoms with E-state index in [2.05, 4.69) is 47.1 Å². The largest absolute Gasteiger partial charge is 0.383 e. The van der Waals surface area contributed by atoms with Gasteiger partial charge in [-0.1, -0.05) is 48.0 Å². The molecule has 0 bridgehead atoms. The molecule has 1 unspecified atom stereocenters. The van der Waals surface area contributed by atoms with Crippen molar-refractivity contribution in [1.82, 2.24) is 9.13 Å². The van der Waals surface area contributed by atoms with Gasteiger partial charge in [0.25, 0.3) is 0 Å². The highest BCUT2D eigenvalue weighted by atomic mass is 79.9. The Kier molecular flexibility index (Phi) is 6.39. The molecule has 3 aromatic carbocycles. The van der Waals surface area contributed by atoms with Crippen LogP contribution in [0.25, 0.3) is 11.0 Å². The third-order valence-electron chi connectivity index (χ3n) is 5.56. The average Bonchev–Trinajstić information content (AvgIpc) is 3.03. The van der Waals surface area contributed by atoms with Crippen molar-refractivity contribution in [3.63, 3.8) is 0 Å². The summed E-state index contributed by atoms with van der Waals surface area (Å²) in [7, 11) is 1.69. The molecule has 6 heteroatoms. The Balaban J connectivity index is 1.79. The Hall–Kier alpha value is -2.70. The van der Waals surface area contributed by atoms with E-state index in [1.54, 1.807) is 13.2 Å². The summed E-state index contributed by atoms with van der Waals surface area (Å²) in [4.78, 5) is 0. The van der Waals surface area contributed by atoms with E-state index in [0.29, 0.717) is 23.2 Å². The summed E-state index contributed by atoms with van der Waals surface area (Å²) in [6.07, 6.45) is 0.756. The molecule has 160 valence electrons. The molecular formula is C25H25BrFN3O. The first-order valence-electron chi connectivity index (χ1n) is 10.2. The molecule has 31 heavy (non-hydrogen) atoms. The Morgan fingerprint density at radius 1 is 1.00 bits per heavy atom. The van der Waals surface area contributed by atoms with E-state index in [9.17, 15) is 4.39 Å². The van der Waals surface area contributed by atoms with Crippen molar-refractivity contribution in [2.24, 2.45) is 0 Å². The van der Waals surface area contributed by atoms with Gasteiger partial charge in [0, 0.05) is 7.11 Å². The van der Waals surface area contributed by atoms with Crippen molar-refractivity contribution in [1.29, 1.82) is 5.41 Å². The molecule has 4 nitrogen and oxygen atoms in total. The molecule has 4 aromatic rings. The number of hydrogen-bond acceptors (Lipinski definition) is 2. The summed E-state index contributed by atoms with van der Waals surface area (Å²) in [6, 6.07) is 21.5. The number of ether oxygens (including phenoxy) is 1. The van der Waals surface area contributed by atoms with Crippen LogP contribution >= 0.6 is 15.9 Å². The highest BCUT2D eigenvalue weighted by molar-refractivity contribution is 9.10. The van der Waals surface area contributed by atoms with E-state index in [1.165, 1.54) is 17.2 Å². The lowest BCUT2D eigenvalue weighted by Crippen LogP contribution is -2.31. The molecule has 0 aliphatic rings. The van der Waals surface area contributed by atoms with E-state index >= 15 is 0 Å². The van der Waals surface area contributed by atoms with Crippen LogP contribution in [0.2, 0.25) is 0 Å². The number of rotatable bonds is 7. The molecular weight excluding hydrogens is 457 g/mol. The predicted molar refractivity (Wildman–Crippen MR) is 125 cm³/mol. The smallest absolute Gasteiger partial charge is 0.203 e. The number of benzene rings is 3. The minimum atomic E-state index is -0.301. The van der Waals surface area contributed by atoms with Crippen molar-refractivity contribution in [3.05, 3.63) is 99.3 Å². The fraction of sp³-hybridized carbons (Fsp3) is 0.240. The number of hydrogen-bond donors (Lipinski definition) is 1. The average molecular weight is 482 g/mol. The van der Waals surface area contributed by atoms with Crippen LogP contribution in [0.5, 0.6) is 0 Å². The van der Waals surface area contributed by atoms with Crippen molar-refractivity contribution >= 4 is 27.0 Å². The van der Waals surface area contributed by atoms with Crippen LogP contribution in [0.4, 0.5) is 4.39 Å². The van der Waals surface area contributed by atoms with Gasteiger partial charge in [0.2, 0.25) is 5.62 Å². The van der Waals surface area contributed by atoms with Crippen LogP contribution in [-0.2, 0) is 17.7 Å². The topological polar surface area (TPSA) is 42.9 Å². The number of imidazole rings is 1. The lowest BCUT2D eigenvalue weighted by atomic mass is 10.0. The zero-order valence-corrected chi connectivity index (χ0v) is 19.2. The Bertz CT molecular complexity index is 1260. The van der Waals surface area contributed by atoms with Gasteiger partial charge in [-0.25, -0.2) is 4.39 Å². The van der Waals surface area contributed by atoms with Gasteiger partial charge in [-0.2, -0.15) is 0 Å².